The number of nitrogens with zero attached hydrogens (tertiary/aromatic N) is 1. The summed E-state index contributed by atoms with van der Waals surface area (Å²) in [5.74, 6) is 2.85. The average molecular weight is 286 g/mol. The zero-order valence-electron chi connectivity index (χ0n) is 12.2. The van der Waals surface area contributed by atoms with Gasteiger partial charge in [0.2, 0.25) is 0 Å². The molecule has 2 nitrogen and oxygen atoms in total. The second kappa shape index (κ2) is 4.73. The van der Waals surface area contributed by atoms with E-state index in [1.54, 1.807) is 11.3 Å². The van der Waals surface area contributed by atoms with Gasteiger partial charge >= 0.3 is 0 Å². The molecule has 2 aliphatic carbocycles. The number of para-hydroxylation sites is 1. The highest BCUT2D eigenvalue weighted by Gasteiger charge is 2.41. The zero-order chi connectivity index (χ0) is 13.7. The third-order valence-corrected chi connectivity index (χ3v) is 6.36. The molecule has 2 fully saturated rings. The lowest BCUT2D eigenvalue weighted by atomic mass is 9.84. The highest BCUT2D eigenvalue weighted by atomic mass is 32.1. The molecule has 2 saturated carbocycles. The Bertz CT molecular complexity index is 633. The number of nitrogens with one attached hydrogen (secondary N) is 1. The number of aromatic nitrogens is 1. The molecule has 106 valence electrons. The van der Waals surface area contributed by atoms with E-state index < -0.39 is 0 Å². The van der Waals surface area contributed by atoms with Crippen LogP contribution < -0.4 is 5.32 Å². The van der Waals surface area contributed by atoms with E-state index in [1.807, 2.05) is 0 Å². The minimum atomic E-state index is 0.561. The Labute approximate surface area is 124 Å². The van der Waals surface area contributed by atoms with Crippen molar-refractivity contribution in [2.24, 2.45) is 17.8 Å². The molecule has 2 aliphatic rings. The number of fused-ring (bicyclic) bond motifs is 3. The van der Waals surface area contributed by atoms with Crippen LogP contribution in [0, 0.1) is 24.7 Å². The number of anilines is 1. The molecule has 0 radical (unpaired) electrons. The van der Waals surface area contributed by atoms with Crippen LogP contribution in [0.15, 0.2) is 18.2 Å². The van der Waals surface area contributed by atoms with Crippen LogP contribution in [0.3, 0.4) is 0 Å². The summed E-state index contributed by atoms with van der Waals surface area (Å²) >= 11 is 1.80. The molecule has 4 atom stereocenters. The molecule has 1 heterocycles. The van der Waals surface area contributed by atoms with Crippen LogP contribution in [0.25, 0.3) is 10.2 Å². The molecule has 1 aromatic heterocycles. The summed E-state index contributed by atoms with van der Waals surface area (Å²) in [4.78, 5) is 4.79. The monoisotopic (exact) mass is 286 g/mol. The van der Waals surface area contributed by atoms with E-state index in [9.17, 15) is 0 Å². The number of benzene rings is 1. The lowest BCUT2D eigenvalue weighted by Gasteiger charge is -2.28. The van der Waals surface area contributed by atoms with Crippen molar-refractivity contribution in [1.82, 2.24) is 4.98 Å². The molecule has 4 unspecified atom stereocenters. The van der Waals surface area contributed by atoms with Gasteiger partial charge in [0.25, 0.3) is 0 Å². The van der Waals surface area contributed by atoms with Crippen LogP contribution >= 0.6 is 11.3 Å². The first-order valence-corrected chi connectivity index (χ1v) is 8.65. The van der Waals surface area contributed by atoms with Crippen LogP contribution in [0.2, 0.25) is 0 Å². The van der Waals surface area contributed by atoms with Gasteiger partial charge in [0, 0.05) is 6.04 Å². The van der Waals surface area contributed by atoms with Crippen LogP contribution in [0.5, 0.6) is 0 Å². The standard InChI is InChI=1S/C17H22N2S/c1-10-4-3-5-15-16(10)19-17(20-15)18-11(2)14-9-12-6-7-13(14)8-12/h3-5,11-14H,6-9H2,1-2H3,(H,18,19). The van der Waals surface area contributed by atoms with Gasteiger partial charge in [-0.15, -0.1) is 0 Å². The van der Waals surface area contributed by atoms with E-state index in [0.717, 1.165) is 22.9 Å². The van der Waals surface area contributed by atoms with Crippen molar-refractivity contribution in [3.05, 3.63) is 23.8 Å². The number of hydrogen-bond donors (Lipinski definition) is 1. The van der Waals surface area contributed by atoms with Gasteiger partial charge < -0.3 is 5.32 Å². The lowest BCUT2D eigenvalue weighted by Crippen LogP contribution is -2.29. The van der Waals surface area contributed by atoms with Gasteiger partial charge in [0.15, 0.2) is 5.13 Å². The third kappa shape index (κ3) is 2.03. The van der Waals surface area contributed by atoms with E-state index in [-0.39, 0.29) is 0 Å². The zero-order valence-corrected chi connectivity index (χ0v) is 13.0. The predicted molar refractivity (Wildman–Crippen MR) is 86.4 cm³/mol. The molecule has 2 bridgehead atoms. The predicted octanol–water partition coefficient (Wildman–Crippen LogP) is 4.84. The highest BCUT2D eigenvalue weighted by molar-refractivity contribution is 7.22. The first-order chi connectivity index (χ1) is 9.70. The summed E-state index contributed by atoms with van der Waals surface area (Å²) in [6.07, 6.45) is 5.85. The molecule has 3 heteroatoms. The molecule has 2 aromatic rings. The molecule has 4 rings (SSSR count). The van der Waals surface area contributed by atoms with Crippen molar-refractivity contribution >= 4 is 26.7 Å². The summed E-state index contributed by atoms with van der Waals surface area (Å²) < 4.78 is 1.30. The van der Waals surface area contributed by atoms with Crippen molar-refractivity contribution in [1.29, 1.82) is 0 Å². The Morgan fingerprint density at radius 2 is 2.20 bits per heavy atom. The molecule has 0 saturated heterocycles. The first-order valence-electron chi connectivity index (χ1n) is 7.83. The minimum absolute atomic E-state index is 0.561. The fourth-order valence-electron chi connectivity index (χ4n) is 4.36. The van der Waals surface area contributed by atoms with Gasteiger partial charge in [-0.05, 0) is 62.5 Å². The van der Waals surface area contributed by atoms with Gasteiger partial charge in [-0.1, -0.05) is 29.9 Å². The highest BCUT2D eigenvalue weighted by Crippen LogP contribution is 2.50. The van der Waals surface area contributed by atoms with Gasteiger partial charge in [-0.2, -0.15) is 0 Å². The van der Waals surface area contributed by atoms with Crippen LogP contribution in [-0.4, -0.2) is 11.0 Å². The maximum Gasteiger partial charge on any atom is 0.184 e. The molecule has 0 spiro atoms. The molecule has 1 aromatic carbocycles. The second-order valence-electron chi connectivity index (χ2n) is 6.71. The first kappa shape index (κ1) is 12.6. The van der Waals surface area contributed by atoms with Crippen molar-refractivity contribution < 1.29 is 0 Å². The number of rotatable bonds is 3. The van der Waals surface area contributed by atoms with E-state index in [0.29, 0.717) is 6.04 Å². The molecule has 20 heavy (non-hydrogen) atoms. The molecular formula is C17H22N2S. The second-order valence-corrected chi connectivity index (χ2v) is 7.74. The number of hydrogen-bond acceptors (Lipinski definition) is 3. The number of aryl methyl sites for hydroxylation is 1. The quantitative estimate of drug-likeness (QED) is 0.873. The molecular weight excluding hydrogens is 264 g/mol. The fourth-order valence-corrected chi connectivity index (χ4v) is 5.40. The summed E-state index contributed by atoms with van der Waals surface area (Å²) in [5, 5.41) is 4.79. The normalized spacial score (nSPS) is 30.0. The third-order valence-electron chi connectivity index (χ3n) is 5.41. The summed E-state index contributed by atoms with van der Waals surface area (Å²) in [5.41, 5.74) is 2.44. The maximum absolute atomic E-state index is 4.79. The summed E-state index contributed by atoms with van der Waals surface area (Å²) in [6.45, 7) is 4.50. The van der Waals surface area contributed by atoms with E-state index in [4.69, 9.17) is 4.98 Å². The van der Waals surface area contributed by atoms with Crippen molar-refractivity contribution in [2.75, 3.05) is 5.32 Å². The average Bonchev–Trinajstić information content (AvgIpc) is 3.12. The van der Waals surface area contributed by atoms with Crippen molar-refractivity contribution in [3.63, 3.8) is 0 Å². The Balaban J connectivity index is 1.54. The number of thiazole rings is 1. The van der Waals surface area contributed by atoms with Crippen molar-refractivity contribution in [2.45, 2.75) is 45.6 Å². The largest absolute Gasteiger partial charge is 0.359 e. The topological polar surface area (TPSA) is 24.9 Å². The fraction of sp³-hybridized carbons (Fsp3) is 0.588. The Morgan fingerprint density at radius 3 is 2.90 bits per heavy atom. The summed E-state index contributed by atoms with van der Waals surface area (Å²) in [7, 11) is 0. The maximum atomic E-state index is 4.79. The van der Waals surface area contributed by atoms with Gasteiger partial charge in [0.1, 0.15) is 0 Å². The Morgan fingerprint density at radius 1 is 1.30 bits per heavy atom. The minimum Gasteiger partial charge on any atom is -0.359 e. The van der Waals surface area contributed by atoms with Gasteiger partial charge in [-0.3, -0.25) is 0 Å². The van der Waals surface area contributed by atoms with E-state index >= 15 is 0 Å². The Hall–Kier alpha value is -1.09. The summed E-state index contributed by atoms with van der Waals surface area (Å²) in [6, 6.07) is 7.00. The molecule has 1 N–H and O–H groups in total. The lowest BCUT2D eigenvalue weighted by molar-refractivity contribution is 0.304. The van der Waals surface area contributed by atoms with Gasteiger partial charge in [-0.25, -0.2) is 4.98 Å². The van der Waals surface area contributed by atoms with Crippen LogP contribution in [-0.2, 0) is 0 Å². The smallest absolute Gasteiger partial charge is 0.184 e. The SMILES string of the molecule is Cc1cccc2sc(NC(C)C3CC4CCC3C4)nc12. The molecule has 0 aliphatic heterocycles. The van der Waals surface area contributed by atoms with Crippen LogP contribution in [0.1, 0.15) is 38.2 Å². The van der Waals surface area contributed by atoms with Gasteiger partial charge in [0.05, 0.1) is 10.2 Å². The van der Waals surface area contributed by atoms with E-state index in [2.05, 4.69) is 37.4 Å². The molecule has 0 amide bonds. The Kier molecular flexibility index (Phi) is 2.99. The van der Waals surface area contributed by atoms with Crippen molar-refractivity contribution in [3.8, 4) is 0 Å². The van der Waals surface area contributed by atoms with Crippen LogP contribution in [0.4, 0.5) is 5.13 Å². The van der Waals surface area contributed by atoms with E-state index in [1.165, 1.54) is 41.5 Å².